The number of carbonyl (C=O) groups is 2. The molecule has 1 aromatic rings. The highest BCUT2D eigenvalue weighted by Gasteiger charge is 2.22. The van der Waals surface area contributed by atoms with Gasteiger partial charge in [-0.1, -0.05) is 46.8 Å². The summed E-state index contributed by atoms with van der Waals surface area (Å²) in [7, 11) is 0. The maximum atomic E-state index is 11.8. The van der Waals surface area contributed by atoms with E-state index >= 15 is 0 Å². The molecule has 0 aliphatic rings. The van der Waals surface area contributed by atoms with Crippen molar-refractivity contribution in [3.8, 4) is 0 Å². The summed E-state index contributed by atoms with van der Waals surface area (Å²) in [6, 6.07) is 7.42. The fraction of sp³-hybridized carbons (Fsp3) is 0.556. The van der Waals surface area contributed by atoms with Crippen molar-refractivity contribution in [3.05, 3.63) is 29.8 Å². The molecule has 0 heterocycles. The minimum atomic E-state index is -0.701. The Balaban J connectivity index is 2.44. The van der Waals surface area contributed by atoms with E-state index in [-0.39, 0.29) is 12.0 Å². The quantitative estimate of drug-likeness (QED) is 0.730. The first kappa shape index (κ1) is 19.2. The molecule has 5 heteroatoms. The van der Waals surface area contributed by atoms with Gasteiger partial charge in [0.25, 0.3) is 0 Å². The molecule has 1 atom stereocenters. The normalized spacial score (nSPS) is 12.8. The Bertz CT molecular complexity index is 530. The minimum Gasteiger partial charge on any atom is -0.393 e. The fourth-order valence-corrected chi connectivity index (χ4v) is 1.97. The molecule has 0 aromatic heterocycles. The number of aliphatic hydroxyl groups is 1. The molecular weight excluding hydrogens is 292 g/mol. The Morgan fingerprint density at radius 1 is 1.09 bits per heavy atom. The van der Waals surface area contributed by atoms with Gasteiger partial charge < -0.3 is 15.7 Å². The summed E-state index contributed by atoms with van der Waals surface area (Å²) in [6.07, 6.45) is -0.125. The van der Waals surface area contributed by atoms with Crippen LogP contribution in [0.1, 0.15) is 52.5 Å². The number of hydrogen-bond donors (Lipinski definition) is 3. The highest BCUT2D eigenvalue weighted by Crippen LogP contribution is 2.21. The number of benzene rings is 1. The van der Waals surface area contributed by atoms with E-state index in [9.17, 15) is 14.7 Å². The average molecular weight is 320 g/mol. The van der Waals surface area contributed by atoms with Crippen molar-refractivity contribution in [3.63, 3.8) is 0 Å². The molecule has 0 saturated carbocycles. The SMILES string of the molecule is CC(C)c1ccc(NC(=O)C(=O)NCCC(O)C(C)(C)C)cc1. The van der Waals surface area contributed by atoms with Crippen LogP contribution in [-0.2, 0) is 9.59 Å². The van der Waals surface area contributed by atoms with Crippen LogP contribution in [0.4, 0.5) is 5.69 Å². The van der Waals surface area contributed by atoms with Gasteiger partial charge in [0.15, 0.2) is 0 Å². The Morgan fingerprint density at radius 2 is 1.65 bits per heavy atom. The van der Waals surface area contributed by atoms with Crippen molar-refractivity contribution in [2.75, 3.05) is 11.9 Å². The molecule has 0 bridgehead atoms. The molecule has 0 aliphatic carbocycles. The Morgan fingerprint density at radius 3 is 2.13 bits per heavy atom. The van der Waals surface area contributed by atoms with Gasteiger partial charge in [-0.2, -0.15) is 0 Å². The van der Waals surface area contributed by atoms with E-state index in [4.69, 9.17) is 0 Å². The first-order chi connectivity index (χ1) is 10.6. The zero-order valence-corrected chi connectivity index (χ0v) is 14.6. The number of hydrogen-bond acceptors (Lipinski definition) is 3. The molecule has 0 aliphatic heterocycles. The van der Waals surface area contributed by atoms with Crippen LogP contribution in [0, 0.1) is 5.41 Å². The molecule has 0 saturated heterocycles. The summed E-state index contributed by atoms with van der Waals surface area (Å²) in [4.78, 5) is 23.6. The van der Waals surface area contributed by atoms with Crippen LogP contribution in [0.25, 0.3) is 0 Å². The molecule has 5 nitrogen and oxygen atoms in total. The third kappa shape index (κ3) is 6.40. The van der Waals surface area contributed by atoms with Gasteiger partial charge >= 0.3 is 11.8 Å². The highest BCUT2D eigenvalue weighted by molar-refractivity contribution is 6.39. The number of amides is 2. The summed E-state index contributed by atoms with van der Waals surface area (Å²) >= 11 is 0. The largest absolute Gasteiger partial charge is 0.393 e. The van der Waals surface area contributed by atoms with Crippen molar-refractivity contribution in [1.82, 2.24) is 5.32 Å². The van der Waals surface area contributed by atoms with Gasteiger partial charge in [-0.3, -0.25) is 9.59 Å². The molecule has 1 unspecified atom stereocenters. The van der Waals surface area contributed by atoms with Gasteiger partial charge in [0, 0.05) is 12.2 Å². The van der Waals surface area contributed by atoms with Crippen molar-refractivity contribution in [2.24, 2.45) is 5.41 Å². The number of nitrogens with one attached hydrogen (secondary N) is 2. The fourth-order valence-electron chi connectivity index (χ4n) is 1.97. The Hall–Kier alpha value is -1.88. The second kappa shape index (κ2) is 8.11. The molecule has 1 aromatic carbocycles. The van der Waals surface area contributed by atoms with E-state index in [0.717, 1.165) is 0 Å². The smallest absolute Gasteiger partial charge is 0.313 e. The molecule has 3 N–H and O–H groups in total. The summed E-state index contributed by atoms with van der Waals surface area (Å²) in [5, 5.41) is 15.0. The summed E-state index contributed by atoms with van der Waals surface area (Å²) in [5.74, 6) is -0.983. The van der Waals surface area contributed by atoms with Gasteiger partial charge in [-0.05, 0) is 35.4 Å². The van der Waals surface area contributed by atoms with Crippen LogP contribution >= 0.6 is 0 Å². The van der Waals surface area contributed by atoms with Crippen LogP contribution in [0.15, 0.2) is 24.3 Å². The van der Waals surface area contributed by atoms with E-state index in [1.807, 2.05) is 32.9 Å². The van der Waals surface area contributed by atoms with Gasteiger partial charge in [0.2, 0.25) is 0 Å². The van der Waals surface area contributed by atoms with E-state index < -0.39 is 17.9 Å². The van der Waals surface area contributed by atoms with Crippen LogP contribution in [-0.4, -0.2) is 29.6 Å². The summed E-state index contributed by atoms with van der Waals surface area (Å²) < 4.78 is 0. The van der Waals surface area contributed by atoms with Gasteiger partial charge in [0.1, 0.15) is 0 Å². The minimum absolute atomic E-state index is 0.245. The van der Waals surface area contributed by atoms with Crippen LogP contribution in [0.3, 0.4) is 0 Å². The van der Waals surface area contributed by atoms with Crippen LogP contribution in [0.2, 0.25) is 0 Å². The molecule has 0 radical (unpaired) electrons. The topological polar surface area (TPSA) is 78.4 Å². The maximum Gasteiger partial charge on any atom is 0.313 e. The van der Waals surface area contributed by atoms with Crippen molar-refractivity contribution in [2.45, 2.75) is 53.1 Å². The number of aliphatic hydroxyl groups excluding tert-OH is 1. The summed E-state index contributed by atoms with van der Waals surface area (Å²) in [6.45, 7) is 10.2. The van der Waals surface area contributed by atoms with E-state index in [0.29, 0.717) is 18.0 Å². The monoisotopic (exact) mass is 320 g/mol. The number of carbonyl (C=O) groups excluding carboxylic acids is 2. The molecule has 1 rings (SSSR count). The molecule has 0 spiro atoms. The predicted molar refractivity (Wildman–Crippen MR) is 92.2 cm³/mol. The lowest BCUT2D eigenvalue weighted by Gasteiger charge is -2.25. The van der Waals surface area contributed by atoms with Crippen LogP contribution in [0.5, 0.6) is 0 Å². The third-order valence-electron chi connectivity index (χ3n) is 3.74. The third-order valence-corrected chi connectivity index (χ3v) is 3.74. The second-order valence-corrected chi connectivity index (χ2v) is 7.16. The lowest BCUT2D eigenvalue weighted by atomic mass is 9.87. The van der Waals surface area contributed by atoms with Crippen molar-refractivity contribution < 1.29 is 14.7 Å². The van der Waals surface area contributed by atoms with E-state index in [2.05, 4.69) is 24.5 Å². The first-order valence-corrected chi connectivity index (χ1v) is 7.98. The zero-order chi connectivity index (χ0) is 17.6. The van der Waals surface area contributed by atoms with Crippen molar-refractivity contribution >= 4 is 17.5 Å². The Kier molecular flexibility index (Phi) is 6.76. The molecule has 128 valence electrons. The molecule has 0 fully saturated rings. The average Bonchev–Trinajstić information content (AvgIpc) is 2.46. The number of anilines is 1. The van der Waals surface area contributed by atoms with Crippen LogP contribution < -0.4 is 10.6 Å². The summed E-state index contributed by atoms with van der Waals surface area (Å²) in [5.41, 5.74) is 1.51. The molecule has 2 amide bonds. The van der Waals surface area contributed by atoms with E-state index in [1.165, 1.54) is 5.56 Å². The number of rotatable bonds is 5. The van der Waals surface area contributed by atoms with E-state index in [1.54, 1.807) is 12.1 Å². The first-order valence-electron chi connectivity index (χ1n) is 7.98. The van der Waals surface area contributed by atoms with Crippen molar-refractivity contribution in [1.29, 1.82) is 0 Å². The highest BCUT2D eigenvalue weighted by atomic mass is 16.3. The lowest BCUT2D eigenvalue weighted by molar-refractivity contribution is -0.136. The maximum absolute atomic E-state index is 11.8. The zero-order valence-electron chi connectivity index (χ0n) is 14.6. The standard InChI is InChI=1S/C18H28N2O3/c1-12(2)13-6-8-14(9-7-13)20-17(23)16(22)19-11-10-15(21)18(3,4)5/h6-9,12,15,21H,10-11H2,1-5H3,(H,19,22)(H,20,23). The van der Waals surface area contributed by atoms with Gasteiger partial charge in [-0.25, -0.2) is 0 Å². The van der Waals surface area contributed by atoms with Gasteiger partial charge in [-0.15, -0.1) is 0 Å². The molecular formula is C18H28N2O3. The lowest BCUT2D eigenvalue weighted by Crippen LogP contribution is -2.38. The van der Waals surface area contributed by atoms with Gasteiger partial charge in [0.05, 0.1) is 6.10 Å². The second-order valence-electron chi connectivity index (χ2n) is 7.16. The Labute approximate surface area is 138 Å². The predicted octanol–water partition coefficient (Wildman–Crippen LogP) is 2.66. The molecule has 23 heavy (non-hydrogen) atoms.